The van der Waals surface area contributed by atoms with Crippen molar-refractivity contribution in [3.63, 3.8) is 0 Å². The predicted octanol–water partition coefficient (Wildman–Crippen LogP) is 4.10. The molecule has 108 valence electrons. The summed E-state index contributed by atoms with van der Waals surface area (Å²) in [5.41, 5.74) is 2.05. The third kappa shape index (κ3) is 2.96. The summed E-state index contributed by atoms with van der Waals surface area (Å²) in [7, 11) is 2.00. The van der Waals surface area contributed by atoms with Gasteiger partial charge in [-0.1, -0.05) is 25.4 Å². The molecule has 0 fully saturated rings. The van der Waals surface area contributed by atoms with Gasteiger partial charge in [-0.2, -0.15) is 0 Å². The molecule has 0 N–H and O–H groups in total. The third-order valence-corrected chi connectivity index (χ3v) is 3.70. The number of nitrogens with zero attached hydrogens (tertiary/aromatic N) is 3. The predicted molar refractivity (Wildman–Crippen MR) is 81.4 cm³/mol. The van der Waals surface area contributed by atoms with Crippen molar-refractivity contribution in [2.24, 2.45) is 0 Å². The molecule has 20 heavy (non-hydrogen) atoms. The molecule has 5 heteroatoms. The molecule has 0 saturated heterocycles. The highest BCUT2D eigenvalue weighted by atomic mass is 35.5. The van der Waals surface area contributed by atoms with Gasteiger partial charge >= 0.3 is 0 Å². The topological polar surface area (TPSA) is 42.2 Å². The van der Waals surface area contributed by atoms with Crippen LogP contribution in [0.4, 0.5) is 5.82 Å². The molecule has 0 saturated carbocycles. The maximum atomic E-state index is 6.22. The molecule has 2 rings (SSSR count). The summed E-state index contributed by atoms with van der Waals surface area (Å²) in [6, 6.07) is 1.98. The van der Waals surface area contributed by atoms with Gasteiger partial charge in [-0.05, 0) is 19.9 Å². The number of hydrogen-bond donors (Lipinski definition) is 0. The molecule has 2 aromatic heterocycles. The van der Waals surface area contributed by atoms with Gasteiger partial charge in [0.15, 0.2) is 0 Å². The lowest BCUT2D eigenvalue weighted by Crippen LogP contribution is -2.20. The van der Waals surface area contributed by atoms with E-state index in [1.54, 1.807) is 6.26 Å². The van der Waals surface area contributed by atoms with Crippen molar-refractivity contribution in [3.05, 3.63) is 40.2 Å². The zero-order valence-electron chi connectivity index (χ0n) is 12.6. The van der Waals surface area contributed by atoms with E-state index < -0.39 is 0 Å². The summed E-state index contributed by atoms with van der Waals surface area (Å²) in [5.74, 6) is 2.82. The summed E-state index contributed by atoms with van der Waals surface area (Å²) < 4.78 is 5.33. The Bertz CT molecular complexity index is 607. The number of aryl methyl sites for hydroxylation is 1. The Balaban J connectivity index is 2.33. The van der Waals surface area contributed by atoms with Crippen molar-refractivity contribution < 1.29 is 4.42 Å². The quantitative estimate of drug-likeness (QED) is 0.796. The van der Waals surface area contributed by atoms with Crippen LogP contribution in [0.25, 0.3) is 0 Å². The molecule has 0 unspecified atom stereocenters. The Morgan fingerprint density at radius 3 is 2.55 bits per heavy atom. The van der Waals surface area contributed by atoms with Gasteiger partial charge in [0.2, 0.25) is 0 Å². The van der Waals surface area contributed by atoms with Crippen LogP contribution in [0.5, 0.6) is 0 Å². The summed E-state index contributed by atoms with van der Waals surface area (Å²) in [6.45, 7) is 8.76. The van der Waals surface area contributed by atoms with Crippen molar-refractivity contribution in [3.8, 4) is 0 Å². The number of rotatable bonds is 4. The first kappa shape index (κ1) is 14.9. The van der Waals surface area contributed by atoms with Gasteiger partial charge in [0.05, 0.1) is 6.26 Å². The van der Waals surface area contributed by atoms with Crippen LogP contribution in [0.15, 0.2) is 16.7 Å². The van der Waals surface area contributed by atoms with Crippen LogP contribution in [-0.4, -0.2) is 17.0 Å². The molecule has 0 aromatic carbocycles. The van der Waals surface area contributed by atoms with E-state index in [1.165, 1.54) is 0 Å². The molecule has 2 aromatic rings. The Morgan fingerprint density at radius 1 is 1.30 bits per heavy atom. The van der Waals surface area contributed by atoms with Crippen LogP contribution in [-0.2, 0) is 6.54 Å². The molecule has 0 amide bonds. The van der Waals surface area contributed by atoms with Crippen LogP contribution in [0, 0.1) is 13.8 Å². The number of aromatic nitrogens is 2. The smallest absolute Gasteiger partial charge is 0.137 e. The fourth-order valence-electron chi connectivity index (χ4n) is 2.03. The first-order valence-corrected chi connectivity index (χ1v) is 7.06. The maximum Gasteiger partial charge on any atom is 0.137 e. The standard InChI is InChI=1S/C15H20ClN3O/c1-9(2)14-17-13(16)10(3)15(18-14)19(5)8-12-6-7-20-11(12)4/h6-7,9H,8H2,1-5H3. The summed E-state index contributed by atoms with van der Waals surface area (Å²) in [4.78, 5) is 11.1. The summed E-state index contributed by atoms with van der Waals surface area (Å²) in [5, 5.41) is 0.523. The second-order valence-corrected chi connectivity index (χ2v) is 5.69. The Morgan fingerprint density at radius 2 is 2.00 bits per heavy atom. The Kier molecular flexibility index (Phi) is 4.33. The van der Waals surface area contributed by atoms with E-state index >= 15 is 0 Å². The molecule has 0 aliphatic rings. The van der Waals surface area contributed by atoms with Gasteiger partial charge in [0, 0.05) is 30.6 Å². The first-order valence-electron chi connectivity index (χ1n) is 6.68. The van der Waals surface area contributed by atoms with Crippen LogP contribution >= 0.6 is 11.6 Å². The molecular formula is C15H20ClN3O. The van der Waals surface area contributed by atoms with E-state index in [-0.39, 0.29) is 5.92 Å². The highest BCUT2D eigenvalue weighted by Crippen LogP contribution is 2.26. The van der Waals surface area contributed by atoms with E-state index in [2.05, 4.69) is 28.7 Å². The van der Waals surface area contributed by atoms with Gasteiger partial charge in [-0.15, -0.1) is 0 Å². The van der Waals surface area contributed by atoms with Crippen molar-refractivity contribution >= 4 is 17.4 Å². The number of hydrogen-bond acceptors (Lipinski definition) is 4. The van der Waals surface area contributed by atoms with Crippen molar-refractivity contribution in [1.29, 1.82) is 0 Å². The first-order chi connectivity index (χ1) is 9.40. The zero-order chi connectivity index (χ0) is 14.9. The SMILES string of the molecule is Cc1occc1CN(C)c1nc(C(C)C)nc(Cl)c1C. The Labute approximate surface area is 124 Å². The highest BCUT2D eigenvalue weighted by Gasteiger charge is 2.16. The fraction of sp³-hybridized carbons (Fsp3) is 0.467. The van der Waals surface area contributed by atoms with Gasteiger partial charge in [0.1, 0.15) is 22.6 Å². The summed E-state index contributed by atoms with van der Waals surface area (Å²) >= 11 is 6.22. The lowest BCUT2D eigenvalue weighted by atomic mass is 10.2. The molecule has 0 atom stereocenters. The minimum absolute atomic E-state index is 0.246. The monoisotopic (exact) mass is 293 g/mol. The van der Waals surface area contributed by atoms with Gasteiger partial charge in [-0.3, -0.25) is 0 Å². The minimum atomic E-state index is 0.246. The number of furan rings is 1. The lowest BCUT2D eigenvalue weighted by Gasteiger charge is -2.21. The second kappa shape index (κ2) is 5.83. The average molecular weight is 294 g/mol. The molecule has 0 aliphatic heterocycles. The minimum Gasteiger partial charge on any atom is -0.469 e. The van der Waals surface area contributed by atoms with Crippen LogP contribution in [0.2, 0.25) is 5.15 Å². The van der Waals surface area contributed by atoms with E-state index in [1.807, 2.05) is 27.0 Å². The zero-order valence-corrected chi connectivity index (χ0v) is 13.3. The number of anilines is 1. The molecule has 0 aliphatic carbocycles. The van der Waals surface area contributed by atoms with Crippen LogP contribution in [0.3, 0.4) is 0 Å². The third-order valence-electron chi connectivity index (χ3n) is 3.33. The molecular weight excluding hydrogens is 274 g/mol. The molecule has 4 nitrogen and oxygen atoms in total. The molecule has 2 heterocycles. The van der Waals surface area contributed by atoms with Crippen LogP contribution in [0.1, 0.15) is 42.5 Å². The largest absolute Gasteiger partial charge is 0.469 e. The van der Waals surface area contributed by atoms with Crippen molar-refractivity contribution in [2.75, 3.05) is 11.9 Å². The van der Waals surface area contributed by atoms with Gasteiger partial charge < -0.3 is 9.32 Å². The van der Waals surface area contributed by atoms with E-state index in [0.717, 1.165) is 35.1 Å². The summed E-state index contributed by atoms with van der Waals surface area (Å²) in [6.07, 6.45) is 1.71. The highest BCUT2D eigenvalue weighted by molar-refractivity contribution is 6.30. The maximum absolute atomic E-state index is 6.22. The van der Waals surface area contributed by atoms with Crippen LogP contribution < -0.4 is 4.90 Å². The van der Waals surface area contributed by atoms with Gasteiger partial charge in [0.25, 0.3) is 0 Å². The van der Waals surface area contributed by atoms with E-state index in [9.17, 15) is 0 Å². The van der Waals surface area contributed by atoms with Crippen molar-refractivity contribution in [1.82, 2.24) is 9.97 Å². The molecule has 0 spiro atoms. The van der Waals surface area contributed by atoms with E-state index in [0.29, 0.717) is 5.15 Å². The fourth-order valence-corrected chi connectivity index (χ4v) is 2.20. The van der Waals surface area contributed by atoms with E-state index in [4.69, 9.17) is 16.0 Å². The normalized spacial score (nSPS) is 11.2. The molecule has 0 bridgehead atoms. The van der Waals surface area contributed by atoms with Gasteiger partial charge in [-0.25, -0.2) is 9.97 Å². The lowest BCUT2D eigenvalue weighted by molar-refractivity contribution is 0.529. The van der Waals surface area contributed by atoms with Crippen molar-refractivity contribution in [2.45, 2.75) is 40.2 Å². The Hall–Kier alpha value is -1.55. The second-order valence-electron chi connectivity index (χ2n) is 5.33. The molecule has 0 radical (unpaired) electrons. The number of halogens is 1. The average Bonchev–Trinajstić information content (AvgIpc) is 2.77.